The Balaban J connectivity index is 2.25. The Morgan fingerprint density at radius 3 is 2.94 bits per heavy atom. The van der Waals surface area contributed by atoms with E-state index in [9.17, 15) is 9.59 Å². The van der Waals surface area contributed by atoms with E-state index in [0.29, 0.717) is 10.6 Å². The number of thioether (sulfide) groups is 1. The summed E-state index contributed by atoms with van der Waals surface area (Å²) in [4.78, 5) is 29.2. The Bertz CT molecular complexity index is 421. The molecule has 1 fully saturated rings. The summed E-state index contributed by atoms with van der Waals surface area (Å²) in [6.07, 6.45) is 2.24. The molecule has 1 amide bonds. The van der Waals surface area contributed by atoms with Gasteiger partial charge < -0.3 is 10.0 Å². The number of amides is 1. The smallest absolute Gasteiger partial charge is 0.327 e. The number of carboxylic acids is 1. The predicted molar refractivity (Wildman–Crippen MR) is 66.2 cm³/mol. The highest BCUT2D eigenvalue weighted by molar-refractivity contribution is 8.00. The van der Waals surface area contributed by atoms with Gasteiger partial charge in [0, 0.05) is 5.75 Å². The van der Waals surface area contributed by atoms with E-state index >= 15 is 0 Å². The lowest BCUT2D eigenvalue weighted by molar-refractivity contribution is -0.141. The summed E-state index contributed by atoms with van der Waals surface area (Å²) >= 11 is 2.76. The van der Waals surface area contributed by atoms with Crippen LogP contribution in [0.2, 0.25) is 0 Å². The van der Waals surface area contributed by atoms with Gasteiger partial charge in [0.15, 0.2) is 0 Å². The second kappa shape index (κ2) is 5.05. The van der Waals surface area contributed by atoms with Gasteiger partial charge in [0.05, 0.1) is 17.1 Å². The van der Waals surface area contributed by atoms with E-state index in [0.717, 1.165) is 6.42 Å². The van der Waals surface area contributed by atoms with E-state index in [-0.39, 0.29) is 11.3 Å². The number of rotatable bonds is 3. The van der Waals surface area contributed by atoms with Gasteiger partial charge in [0.2, 0.25) is 0 Å². The molecule has 1 N–H and O–H groups in total. The number of carbonyl (C=O) groups is 2. The van der Waals surface area contributed by atoms with Gasteiger partial charge in [-0.2, -0.15) is 0 Å². The van der Waals surface area contributed by atoms with Crippen LogP contribution in [-0.4, -0.2) is 44.0 Å². The first-order chi connectivity index (χ1) is 8.15. The summed E-state index contributed by atoms with van der Waals surface area (Å²) in [6.45, 7) is 1.95. The first kappa shape index (κ1) is 12.4. The Morgan fingerprint density at radius 1 is 1.65 bits per heavy atom. The minimum atomic E-state index is -0.939. The zero-order chi connectivity index (χ0) is 12.4. The molecule has 7 heteroatoms. The van der Waals surface area contributed by atoms with Crippen molar-refractivity contribution in [1.82, 2.24) is 9.88 Å². The fraction of sp³-hybridized carbons (Fsp3) is 0.500. The third-order valence-corrected chi connectivity index (χ3v) is 4.82. The van der Waals surface area contributed by atoms with Crippen LogP contribution >= 0.6 is 23.1 Å². The van der Waals surface area contributed by atoms with Gasteiger partial charge in [-0.1, -0.05) is 6.92 Å². The van der Waals surface area contributed by atoms with Gasteiger partial charge in [-0.25, -0.2) is 4.79 Å². The molecule has 0 radical (unpaired) electrons. The average Bonchev–Trinajstić information content (AvgIpc) is 2.96. The summed E-state index contributed by atoms with van der Waals surface area (Å²) in [5.74, 6) is -0.707. The zero-order valence-electron chi connectivity index (χ0n) is 9.20. The van der Waals surface area contributed by atoms with Crippen molar-refractivity contribution in [2.24, 2.45) is 0 Å². The molecule has 1 aromatic rings. The molecule has 1 aliphatic heterocycles. The fourth-order valence-corrected chi connectivity index (χ4v) is 3.70. The number of carbonyl (C=O) groups excluding carboxylic acids is 1. The van der Waals surface area contributed by atoms with Crippen LogP contribution in [0, 0.1) is 0 Å². The lowest BCUT2D eigenvalue weighted by atomic mass is 10.2. The van der Waals surface area contributed by atoms with Gasteiger partial charge in [0.25, 0.3) is 5.91 Å². The monoisotopic (exact) mass is 272 g/mol. The maximum absolute atomic E-state index is 12.2. The molecule has 1 saturated heterocycles. The second-order valence-corrected chi connectivity index (χ2v) is 5.73. The molecule has 2 atom stereocenters. The van der Waals surface area contributed by atoms with Crippen molar-refractivity contribution in [1.29, 1.82) is 0 Å². The topological polar surface area (TPSA) is 70.5 Å². The van der Waals surface area contributed by atoms with Gasteiger partial charge in [-0.05, 0) is 6.42 Å². The maximum atomic E-state index is 12.2. The summed E-state index contributed by atoms with van der Waals surface area (Å²) < 4.78 is 0. The molecular weight excluding hydrogens is 260 g/mol. The number of aromatic nitrogens is 1. The molecule has 0 saturated carbocycles. The van der Waals surface area contributed by atoms with Crippen molar-refractivity contribution < 1.29 is 14.7 Å². The van der Waals surface area contributed by atoms with E-state index in [2.05, 4.69) is 4.98 Å². The predicted octanol–water partition coefficient (Wildman–Crippen LogP) is 1.52. The van der Waals surface area contributed by atoms with Crippen molar-refractivity contribution in [3.05, 3.63) is 16.6 Å². The zero-order valence-corrected chi connectivity index (χ0v) is 10.8. The van der Waals surface area contributed by atoms with Crippen molar-refractivity contribution in [2.45, 2.75) is 24.8 Å². The Morgan fingerprint density at radius 2 is 2.41 bits per heavy atom. The summed E-state index contributed by atoms with van der Waals surface area (Å²) in [5, 5.41) is 9.07. The highest BCUT2D eigenvalue weighted by atomic mass is 32.2. The molecule has 0 spiro atoms. The van der Waals surface area contributed by atoms with E-state index in [1.54, 1.807) is 5.51 Å². The Labute approximate surface area is 107 Å². The first-order valence-electron chi connectivity index (χ1n) is 5.20. The minimum absolute atomic E-state index is 0.0503. The van der Waals surface area contributed by atoms with Crippen LogP contribution in [0.1, 0.15) is 23.0 Å². The summed E-state index contributed by atoms with van der Waals surface area (Å²) in [6, 6.07) is -0.723. The van der Waals surface area contributed by atoms with Gasteiger partial charge in [-0.15, -0.1) is 23.1 Å². The standard InChI is InChI=1S/C10H12N2O3S2/c1-2-8-12(6(4-16-8)10(14)15)9(13)7-3-11-5-17-7/h3,5-6,8H,2,4H2,1H3,(H,14,15). The highest BCUT2D eigenvalue weighted by Crippen LogP contribution is 2.33. The minimum Gasteiger partial charge on any atom is -0.480 e. The van der Waals surface area contributed by atoms with Crippen LogP contribution in [0.3, 0.4) is 0 Å². The van der Waals surface area contributed by atoms with Crippen molar-refractivity contribution in [3.63, 3.8) is 0 Å². The fourth-order valence-electron chi connectivity index (χ4n) is 1.79. The molecule has 17 heavy (non-hydrogen) atoms. The molecule has 2 rings (SSSR count). The number of thiazole rings is 1. The third kappa shape index (κ3) is 2.30. The Kier molecular flexibility index (Phi) is 3.68. The largest absolute Gasteiger partial charge is 0.480 e. The second-order valence-electron chi connectivity index (χ2n) is 3.63. The lowest BCUT2D eigenvalue weighted by Gasteiger charge is -2.25. The molecule has 0 bridgehead atoms. The van der Waals surface area contributed by atoms with Gasteiger partial charge >= 0.3 is 5.97 Å². The summed E-state index contributed by atoms with van der Waals surface area (Å²) in [7, 11) is 0. The average molecular weight is 272 g/mol. The first-order valence-corrected chi connectivity index (χ1v) is 7.13. The van der Waals surface area contributed by atoms with E-state index < -0.39 is 12.0 Å². The number of hydrogen-bond acceptors (Lipinski definition) is 5. The molecule has 0 aliphatic carbocycles. The molecule has 2 heterocycles. The van der Waals surface area contributed by atoms with E-state index in [1.807, 2.05) is 6.92 Å². The van der Waals surface area contributed by atoms with E-state index in [1.165, 1.54) is 34.2 Å². The molecule has 0 aromatic carbocycles. The molecule has 1 aromatic heterocycles. The molecular formula is C10H12N2O3S2. The molecule has 5 nitrogen and oxygen atoms in total. The normalized spacial score (nSPS) is 23.9. The SMILES string of the molecule is CCC1SCC(C(=O)O)N1C(=O)c1cncs1. The number of hydrogen-bond donors (Lipinski definition) is 1. The van der Waals surface area contributed by atoms with Crippen LogP contribution in [0.4, 0.5) is 0 Å². The van der Waals surface area contributed by atoms with Crippen LogP contribution in [-0.2, 0) is 4.79 Å². The maximum Gasteiger partial charge on any atom is 0.327 e. The molecule has 92 valence electrons. The molecule has 1 aliphatic rings. The van der Waals surface area contributed by atoms with Gasteiger partial charge in [-0.3, -0.25) is 9.78 Å². The number of carboxylic acid groups (broad SMARTS) is 1. The Hall–Kier alpha value is -1.08. The van der Waals surface area contributed by atoms with Crippen LogP contribution in [0.5, 0.6) is 0 Å². The van der Waals surface area contributed by atoms with Crippen LogP contribution < -0.4 is 0 Å². The van der Waals surface area contributed by atoms with Crippen molar-refractivity contribution in [3.8, 4) is 0 Å². The number of aliphatic carboxylic acids is 1. The summed E-state index contributed by atoms with van der Waals surface area (Å²) in [5.41, 5.74) is 1.58. The lowest BCUT2D eigenvalue weighted by Crippen LogP contribution is -2.45. The quantitative estimate of drug-likeness (QED) is 0.903. The van der Waals surface area contributed by atoms with Crippen molar-refractivity contribution in [2.75, 3.05) is 5.75 Å². The van der Waals surface area contributed by atoms with E-state index in [4.69, 9.17) is 5.11 Å². The van der Waals surface area contributed by atoms with Gasteiger partial charge in [0.1, 0.15) is 10.9 Å². The van der Waals surface area contributed by atoms with Crippen molar-refractivity contribution >= 4 is 35.0 Å². The highest BCUT2D eigenvalue weighted by Gasteiger charge is 2.41. The van der Waals surface area contributed by atoms with Crippen LogP contribution in [0.15, 0.2) is 11.7 Å². The molecule has 2 unspecified atom stereocenters. The van der Waals surface area contributed by atoms with Crippen LogP contribution in [0.25, 0.3) is 0 Å². The third-order valence-electron chi connectivity index (χ3n) is 2.60. The number of nitrogens with zero attached hydrogens (tertiary/aromatic N) is 2.